The third kappa shape index (κ3) is 4.19. The van der Waals surface area contributed by atoms with Crippen LogP contribution in [0.5, 0.6) is 0 Å². The molecule has 1 aliphatic rings. The van der Waals surface area contributed by atoms with Crippen LogP contribution in [0.2, 0.25) is 0 Å². The fourth-order valence-corrected chi connectivity index (χ4v) is 2.36. The van der Waals surface area contributed by atoms with Gasteiger partial charge in [0.25, 0.3) is 0 Å². The first-order chi connectivity index (χ1) is 7.07. The maximum atomic E-state index is 8.74. The van der Waals surface area contributed by atoms with Crippen molar-refractivity contribution in [3.63, 3.8) is 0 Å². The van der Waals surface area contributed by atoms with E-state index >= 15 is 0 Å². The molecule has 0 aromatic carbocycles. The van der Waals surface area contributed by atoms with Crippen LogP contribution in [-0.2, 0) is 0 Å². The zero-order chi connectivity index (χ0) is 11.3. The molecule has 0 spiro atoms. The second-order valence-electron chi connectivity index (χ2n) is 5.18. The van der Waals surface area contributed by atoms with Crippen LogP contribution in [-0.4, -0.2) is 36.1 Å². The summed E-state index contributed by atoms with van der Waals surface area (Å²) in [7, 11) is 0. The second-order valence-corrected chi connectivity index (χ2v) is 5.18. The lowest BCUT2D eigenvalue weighted by molar-refractivity contribution is 0.117. The fraction of sp³-hybridized carbons (Fsp3) is 0.917. The molecule has 0 aliphatic carbocycles. The summed E-state index contributed by atoms with van der Waals surface area (Å²) in [6, 6.07) is 2.61. The van der Waals surface area contributed by atoms with E-state index in [1.807, 2.05) is 0 Å². The molecular formula is C12H23N3. The van der Waals surface area contributed by atoms with Gasteiger partial charge in [0.1, 0.15) is 0 Å². The van der Waals surface area contributed by atoms with Gasteiger partial charge in [-0.1, -0.05) is 13.3 Å². The van der Waals surface area contributed by atoms with Crippen molar-refractivity contribution >= 4 is 0 Å². The van der Waals surface area contributed by atoms with Crippen molar-refractivity contribution in [3.05, 3.63) is 0 Å². The molecule has 0 aromatic heterocycles. The molecule has 3 nitrogen and oxygen atoms in total. The van der Waals surface area contributed by atoms with E-state index in [1.54, 1.807) is 0 Å². The molecule has 1 unspecified atom stereocenters. The minimum Gasteiger partial charge on any atom is -0.305 e. The Morgan fingerprint density at radius 3 is 2.87 bits per heavy atom. The third-order valence-corrected chi connectivity index (χ3v) is 2.86. The smallest absolute Gasteiger partial charge is 0.0638 e. The van der Waals surface area contributed by atoms with E-state index in [0.717, 1.165) is 13.1 Å². The van der Waals surface area contributed by atoms with Crippen molar-refractivity contribution in [2.24, 2.45) is 0 Å². The zero-order valence-corrected chi connectivity index (χ0v) is 10.2. The normalized spacial score (nSPS) is 26.1. The molecule has 0 amide bonds. The van der Waals surface area contributed by atoms with Gasteiger partial charge in [0, 0.05) is 24.7 Å². The van der Waals surface area contributed by atoms with Gasteiger partial charge in [0.15, 0.2) is 0 Å². The molecule has 3 heteroatoms. The van der Waals surface area contributed by atoms with Crippen LogP contribution >= 0.6 is 0 Å². The molecule has 1 aliphatic heterocycles. The first-order valence-corrected chi connectivity index (χ1v) is 5.94. The summed E-state index contributed by atoms with van der Waals surface area (Å²) in [5.74, 6) is 0. The lowest BCUT2D eigenvalue weighted by Crippen LogP contribution is -2.61. The van der Waals surface area contributed by atoms with Gasteiger partial charge in [-0.15, -0.1) is 0 Å². The highest BCUT2D eigenvalue weighted by Crippen LogP contribution is 2.15. The summed E-state index contributed by atoms with van der Waals surface area (Å²) in [5, 5.41) is 12.3. The summed E-state index contributed by atoms with van der Waals surface area (Å²) in [5.41, 5.74) is 0.146. The predicted octanol–water partition coefficient (Wildman–Crippen LogP) is 1.75. The third-order valence-electron chi connectivity index (χ3n) is 2.86. The van der Waals surface area contributed by atoms with Crippen LogP contribution in [0.25, 0.3) is 0 Å². The lowest BCUT2D eigenvalue weighted by Gasteiger charge is -2.43. The number of hydrogen-bond donors (Lipinski definition) is 1. The van der Waals surface area contributed by atoms with Gasteiger partial charge in [0.05, 0.1) is 12.5 Å². The average Bonchev–Trinajstić information content (AvgIpc) is 2.13. The fourth-order valence-electron chi connectivity index (χ4n) is 2.36. The van der Waals surface area contributed by atoms with Gasteiger partial charge < -0.3 is 5.32 Å². The molecule has 1 saturated heterocycles. The molecule has 0 aromatic rings. The summed E-state index contributed by atoms with van der Waals surface area (Å²) in [4.78, 5) is 2.49. The van der Waals surface area contributed by atoms with Gasteiger partial charge in [-0.2, -0.15) is 5.26 Å². The Hall–Kier alpha value is -0.590. The van der Waals surface area contributed by atoms with Crippen molar-refractivity contribution in [1.29, 1.82) is 5.26 Å². The van der Waals surface area contributed by atoms with Crippen LogP contribution in [0.1, 0.15) is 40.0 Å². The number of hydrogen-bond acceptors (Lipinski definition) is 3. The lowest BCUT2D eigenvalue weighted by atomic mass is 9.97. The Morgan fingerprint density at radius 2 is 2.27 bits per heavy atom. The predicted molar refractivity (Wildman–Crippen MR) is 62.6 cm³/mol. The summed E-state index contributed by atoms with van der Waals surface area (Å²) in [6.45, 7) is 9.94. The molecule has 86 valence electrons. The Labute approximate surface area is 93.5 Å². The van der Waals surface area contributed by atoms with Crippen molar-refractivity contribution in [2.75, 3.05) is 19.6 Å². The molecule has 15 heavy (non-hydrogen) atoms. The van der Waals surface area contributed by atoms with Crippen LogP contribution < -0.4 is 5.32 Å². The van der Waals surface area contributed by atoms with E-state index in [4.69, 9.17) is 5.26 Å². The molecule has 1 heterocycles. The van der Waals surface area contributed by atoms with Crippen LogP contribution in [0.4, 0.5) is 0 Å². The van der Waals surface area contributed by atoms with Crippen molar-refractivity contribution in [1.82, 2.24) is 10.2 Å². The second kappa shape index (κ2) is 5.48. The van der Waals surface area contributed by atoms with Gasteiger partial charge in [0.2, 0.25) is 0 Å². The minimum atomic E-state index is 0.146. The Morgan fingerprint density at radius 1 is 1.53 bits per heavy atom. The van der Waals surface area contributed by atoms with E-state index in [-0.39, 0.29) is 5.54 Å². The standard InChI is InChI=1S/C12H23N3/c1-4-5-8-15-9-11(6-7-13)14-12(2,3)10-15/h11,14H,4-6,8-10H2,1-3H3. The maximum Gasteiger partial charge on any atom is 0.0638 e. The highest BCUT2D eigenvalue weighted by atomic mass is 15.2. The van der Waals surface area contributed by atoms with Gasteiger partial charge in [-0.3, -0.25) is 4.90 Å². The highest BCUT2D eigenvalue weighted by molar-refractivity contribution is 4.95. The molecule has 1 atom stereocenters. The Balaban J connectivity index is 2.48. The maximum absolute atomic E-state index is 8.74. The van der Waals surface area contributed by atoms with Crippen LogP contribution in [0, 0.1) is 11.3 Å². The van der Waals surface area contributed by atoms with Crippen LogP contribution in [0.15, 0.2) is 0 Å². The first kappa shape index (κ1) is 12.5. The number of unbranched alkanes of at least 4 members (excludes halogenated alkanes) is 1. The summed E-state index contributed by atoms with van der Waals surface area (Å²) in [6.07, 6.45) is 3.12. The zero-order valence-electron chi connectivity index (χ0n) is 10.2. The van der Waals surface area contributed by atoms with E-state index < -0.39 is 0 Å². The van der Waals surface area contributed by atoms with Gasteiger partial charge in [-0.05, 0) is 26.8 Å². The molecule has 0 radical (unpaired) electrons. The summed E-state index contributed by atoms with van der Waals surface area (Å²) < 4.78 is 0. The largest absolute Gasteiger partial charge is 0.305 e. The molecule has 1 fully saturated rings. The van der Waals surface area contributed by atoms with E-state index in [2.05, 4.69) is 37.1 Å². The topological polar surface area (TPSA) is 39.1 Å². The Kier molecular flexibility index (Phi) is 4.56. The van der Waals surface area contributed by atoms with Crippen LogP contribution in [0.3, 0.4) is 0 Å². The molecule has 1 rings (SSSR count). The summed E-state index contributed by atoms with van der Waals surface area (Å²) >= 11 is 0. The monoisotopic (exact) mass is 209 g/mol. The number of nitrogens with zero attached hydrogens (tertiary/aromatic N) is 2. The van der Waals surface area contributed by atoms with E-state index in [0.29, 0.717) is 12.5 Å². The van der Waals surface area contributed by atoms with E-state index in [1.165, 1.54) is 19.4 Å². The average molecular weight is 209 g/mol. The van der Waals surface area contributed by atoms with E-state index in [9.17, 15) is 0 Å². The SMILES string of the molecule is CCCCN1CC(CC#N)NC(C)(C)C1. The van der Waals surface area contributed by atoms with Crippen molar-refractivity contribution in [3.8, 4) is 6.07 Å². The first-order valence-electron chi connectivity index (χ1n) is 5.94. The van der Waals surface area contributed by atoms with Crippen molar-refractivity contribution < 1.29 is 0 Å². The number of piperazine rings is 1. The molecular weight excluding hydrogens is 186 g/mol. The van der Waals surface area contributed by atoms with Crippen molar-refractivity contribution in [2.45, 2.75) is 51.6 Å². The number of rotatable bonds is 4. The quantitative estimate of drug-likeness (QED) is 0.766. The van der Waals surface area contributed by atoms with Gasteiger partial charge >= 0.3 is 0 Å². The molecule has 0 bridgehead atoms. The van der Waals surface area contributed by atoms with Gasteiger partial charge in [-0.25, -0.2) is 0 Å². The highest BCUT2D eigenvalue weighted by Gasteiger charge is 2.30. The number of nitriles is 1. The minimum absolute atomic E-state index is 0.146. The molecule has 0 saturated carbocycles. The molecule has 1 N–H and O–H groups in total. The number of nitrogens with one attached hydrogen (secondary N) is 1. The Bertz CT molecular complexity index is 230.